The Bertz CT molecular complexity index is 1750. The van der Waals surface area contributed by atoms with E-state index >= 15 is 0 Å². The number of carbonyl (C=O) groups is 1. The molecule has 11 nitrogen and oxygen atoms in total. The first-order chi connectivity index (χ1) is 22.1. The minimum atomic E-state index is 0.0767. The number of ether oxygens (including phenoxy) is 3. The standard InChI is InChI=1S/C34H35N7O4/c1-43-28-5-2-22(3-6-28)34(42)40-17-25-15-39(16-26(25)18-40)32-7-4-23(13-36-32)31-11-30(20-41-33(31)24(12-35)14-37-41)44-9-8-38-19-29-10-27(38)21-45-29/h2-7,11,13-14,20,25-27,29H,8-10,15-19,21H2,1H3/t25?,26?,27?,29-/m0/s1. The van der Waals surface area contributed by atoms with Crippen LogP contribution in [0, 0.1) is 23.2 Å². The van der Waals surface area contributed by atoms with Crippen LogP contribution in [0.15, 0.2) is 61.1 Å². The zero-order valence-corrected chi connectivity index (χ0v) is 25.2. The smallest absolute Gasteiger partial charge is 0.253 e. The highest BCUT2D eigenvalue weighted by molar-refractivity contribution is 5.94. The van der Waals surface area contributed by atoms with Crippen molar-refractivity contribution in [1.82, 2.24) is 24.4 Å². The summed E-state index contributed by atoms with van der Waals surface area (Å²) in [6, 6.07) is 16.2. The number of nitrogens with zero attached hydrogens (tertiary/aromatic N) is 7. The van der Waals surface area contributed by atoms with Crippen LogP contribution in [0.1, 0.15) is 22.3 Å². The Morgan fingerprint density at radius 1 is 1.04 bits per heavy atom. The number of rotatable bonds is 8. The molecule has 4 aliphatic heterocycles. The van der Waals surface area contributed by atoms with Gasteiger partial charge in [0.05, 0.1) is 43.3 Å². The van der Waals surface area contributed by atoms with E-state index in [0.29, 0.717) is 47.5 Å². The summed E-state index contributed by atoms with van der Waals surface area (Å²) in [5.74, 6) is 3.27. The Labute approximate surface area is 261 Å². The minimum absolute atomic E-state index is 0.0767. The van der Waals surface area contributed by atoms with E-state index in [-0.39, 0.29) is 5.91 Å². The quantitative estimate of drug-likeness (QED) is 0.299. The van der Waals surface area contributed by atoms with E-state index in [4.69, 9.17) is 19.2 Å². The van der Waals surface area contributed by atoms with Crippen LogP contribution in [0.25, 0.3) is 16.6 Å². The minimum Gasteiger partial charge on any atom is -0.497 e. The van der Waals surface area contributed by atoms with Gasteiger partial charge in [0.1, 0.15) is 30.0 Å². The number of anilines is 1. The SMILES string of the molecule is COc1ccc(C(=O)N2CC3CN(c4ccc(-c5cc(OCCN6C[C@@H]7CC6CO7)cn6ncc(C#N)c56)cn4)CC3C2)cc1. The Morgan fingerprint density at radius 2 is 1.87 bits per heavy atom. The molecule has 0 N–H and O–H groups in total. The van der Waals surface area contributed by atoms with E-state index in [1.165, 1.54) is 0 Å². The molecule has 3 aromatic heterocycles. The topological polar surface area (TPSA) is 108 Å². The van der Waals surface area contributed by atoms with Crippen molar-refractivity contribution in [2.75, 3.05) is 64.5 Å². The average molecular weight is 606 g/mol. The molecule has 0 aliphatic carbocycles. The molecule has 2 bridgehead atoms. The fourth-order valence-electron chi connectivity index (χ4n) is 7.51. The lowest BCUT2D eigenvalue weighted by Crippen LogP contribution is -2.39. The first-order valence-corrected chi connectivity index (χ1v) is 15.6. The van der Waals surface area contributed by atoms with Gasteiger partial charge in [-0.15, -0.1) is 0 Å². The first kappa shape index (κ1) is 27.9. The van der Waals surface area contributed by atoms with Crippen molar-refractivity contribution in [2.24, 2.45) is 11.8 Å². The number of hydrogen-bond donors (Lipinski definition) is 0. The number of fused-ring (bicyclic) bond motifs is 4. The van der Waals surface area contributed by atoms with Crippen molar-refractivity contribution in [3.63, 3.8) is 0 Å². The summed E-state index contributed by atoms with van der Waals surface area (Å²) in [6.45, 7) is 6.43. The van der Waals surface area contributed by atoms with E-state index < -0.39 is 0 Å². The molecule has 0 spiro atoms. The first-order valence-electron chi connectivity index (χ1n) is 15.6. The van der Waals surface area contributed by atoms with Crippen LogP contribution < -0.4 is 14.4 Å². The van der Waals surface area contributed by atoms with Gasteiger partial charge in [0, 0.05) is 80.0 Å². The molecule has 230 valence electrons. The number of nitriles is 1. The summed E-state index contributed by atoms with van der Waals surface area (Å²) in [4.78, 5) is 24.7. The van der Waals surface area contributed by atoms with Gasteiger partial charge in [-0.25, -0.2) is 9.50 Å². The second-order valence-electron chi connectivity index (χ2n) is 12.5. The van der Waals surface area contributed by atoms with Crippen molar-refractivity contribution in [3.05, 3.63) is 72.2 Å². The van der Waals surface area contributed by atoms with Gasteiger partial charge in [0.15, 0.2) is 0 Å². The predicted octanol–water partition coefficient (Wildman–Crippen LogP) is 3.34. The highest BCUT2D eigenvalue weighted by Crippen LogP contribution is 2.36. The van der Waals surface area contributed by atoms with Gasteiger partial charge in [-0.2, -0.15) is 10.4 Å². The maximum absolute atomic E-state index is 13.1. The summed E-state index contributed by atoms with van der Waals surface area (Å²) in [7, 11) is 1.62. The third-order valence-corrected chi connectivity index (χ3v) is 9.86. The molecule has 3 unspecified atom stereocenters. The van der Waals surface area contributed by atoms with Crippen molar-refractivity contribution < 1.29 is 19.0 Å². The molecule has 11 heteroatoms. The third-order valence-electron chi connectivity index (χ3n) is 9.86. The fourth-order valence-corrected chi connectivity index (χ4v) is 7.51. The van der Waals surface area contributed by atoms with Crippen molar-refractivity contribution >= 4 is 17.2 Å². The second kappa shape index (κ2) is 11.4. The molecular weight excluding hydrogens is 570 g/mol. The summed E-state index contributed by atoms with van der Waals surface area (Å²) in [5, 5.41) is 14.2. The number of morpholine rings is 1. The Kier molecular flexibility index (Phi) is 7.03. The van der Waals surface area contributed by atoms with Crippen LogP contribution in [0.5, 0.6) is 11.5 Å². The zero-order chi connectivity index (χ0) is 30.5. The number of hydrogen-bond acceptors (Lipinski definition) is 9. The van der Waals surface area contributed by atoms with Gasteiger partial charge in [0.2, 0.25) is 0 Å². The lowest BCUT2D eigenvalue weighted by molar-refractivity contribution is 0.0258. The molecule has 4 aromatic rings. The van der Waals surface area contributed by atoms with Gasteiger partial charge in [-0.3, -0.25) is 9.69 Å². The number of amides is 1. The van der Waals surface area contributed by atoms with Crippen molar-refractivity contribution in [3.8, 4) is 28.7 Å². The van der Waals surface area contributed by atoms with Gasteiger partial charge >= 0.3 is 0 Å². The van der Waals surface area contributed by atoms with Gasteiger partial charge in [0.25, 0.3) is 5.91 Å². The van der Waals surface area contributed by atoms with Gasteiger partial charge in [-0.05, 0) is 48.9 Å². The normalized spacial score (nSPS) is 23.9. The number of benzene rings is 1. The van der Waals surface area contributed by atoms with Crippen LogP contribution >= 0.6 is 0 Å². The van der Waals surface area contributed by atoms with Crippen LogP contribution in [0.4, 0.5) is 5.82 Å². The molecule has 0 saturated carbocycles. The summed E-state index contributed by atoms with van der Waals surface area (Å²) < 4.78 is 18.9. The third kappa shape index (κ3) is 5.14. The highest BCUT2D eigenvalue weighted by Gasteiger charge is 2.42. The molecule has 4 fully saturated rings. The largest absolute Gasteiger partial charge is 0.497 e. The molecule has 4 atom stereocenters. The monoisotopic (exact) mass is 605 g/mol. The van der Waals surface area contributed by atoms with E-state index in [2.05, 4.69) is 27.0 Å². The Balaban J connectivity index is 0.946. The maximum Gasteiger partial charge on any atom is 0.253 e. The van der Waals surface area contributed by atoms with E-state index in [1.54, 1.807) is 17.8 Å². The van der Waals surface area contributed by atoms with Crippen LogP contribution in [-0.4, -0.2) is 102 Å². The molecule has 4 saturated heterocycles. The number of likely N-dealkylation sites (tertiary alicyclic amines) is 2. The molecule has 7 heterocycles. The molecule has 4 aliphatic rings. The van der Waals surface area contributed by atoms with E-state index in [1.807, 2.05) is 53.7 Å². The van der Waals surface area contributed by atoms with E-state index in [0.717, 1.165) is 80.5 Å². The number of aromatic nitrogens is 3. The van der Waals surface area contributed by atoms with Crippen molar-refractivity contribution in [1.29, 1.82) is 5.26 Å². The van der Waals surface area contributed by atoms with Gasteiger partial charge < -0.3 is 24.0 Å². The highest BCUT2D eigenvalue weighted by atomic mass is 16.5. The number of methoxy groups -OCH3 is 1. The summed E-state index contributed by atoms with van der Waals surface area (Å²) in [6.07, 6.45) is 6.79. The molecule has 0 radical (unpaired) electrons. The lowest BCUT2D eigenvalue weighted by Gasteiger charge is -2.26. The van der Waals surface area contributed by atoms with Gasteiger partial charge in [-0.1, -0.05) is 0 Å². The second-order valence-corrected chi connectivity index (χ2v) is 12.5. The Hall–Kier alpha value is -4.66. The number of pyridine rings is 2. The molecule has 1 aromatic carbocycles. The Morgan fingerprint density at radius 3 is 2.53 bits per heavy atom. The summed E-state index contributed by atoms with van der Waals surface area (Å²) >= 11 is 0. The molecule has 1 amide bonds. The molecular formula is C34H35N7O4. The number of carbonyl (C=O) groups excluding carboxylic acids is 1. The predicted molar refractivity (Wildman–Crippen MR) is 166 cm³/mol. The molecule has 8 rings (SSSR count). The van der Waals surface area contributed by atoms with Crippen LogP contribution in [0.2, 0.25) is 0 Å². The lowest BCUT2D eigenvalue weighted by atomic mass is 10.0. The summed E-state index contributed by atoms with van der Waals surface area (Å²) in [5.41, 5.74) is 3.70. The average Bonchev–Trinajstić information content (AvgIpc) is 3.91. The van der Waals surface area contributed by atoms with Crippen LogP contribution in [-0.2, 0) is 4.74 Å². The fraction of sp³-hybridized carbons (Fsp3) is 0.412. The zero-order valence-electron chi connectivity index (χ0n) is 25.2. The van der Waals surface area contributed by atoms with Crippen molar-refractivity contribution in [2.45, 2.75) is 18.6 Å². The van der Waals surface area contributed by atoms with Crippen LogP contribution in [0.3, 0.4) is 0 Å². The molecule has 45 heavy (non-hydrogen) atoms. The van der Waals surface area contributed by atoms with E-state index in [9.17, 15) is 10.1 Å². The maximum atomic E-state index is 13.1.